The first-order valence-corrected chi connectivity index (χ1v) is 9.43. The van der Waals surface area contributed by atoms with Gasteiger partial charge in [-0.15, -0.1) is 11.3 Å². The Morgan fingerprint density at radius 3 is 2.75 bits per heavy atom. The summed E-state index contributed by atoms with van der Waals surface area (Å²) in [5, 5.41) is 11.1. The van der Waals surface area contributed by atoms with Crippen LogP contribution >= 0.6 is 22.9 Å². The summed E-state index contributed by atoms with van der Waals surface area (Å²) in [7, 11) is 0. The Labute approximate surface area is 152 Å². The summed E-state index contributed by atoms with van der Waals surface area (Å²) in [6, 6.07) is 9.99. The van der Waals surface area contributed by atoms with Crippen molar-refractivity contribution in [2.45, 2.75) is 40.0 Å². The molecule has 24 heavy (non-hydrogen) atoms. The van der Waals surface area contributed by atoms with Crippen molar-refractivity contribution in [1.29, 1.82) is 5.26 Å². The van der Waals surface area contributed by atoms with E-state index in [0.29, 0.717) is 16.4 Å². The van der Waals surface area contributed by atoms with Crippen LogP contribution < -0.4 is 0 Å². The highest BCUT2D eigenvalue weighted by molar-refractivity contribution is 7.16. The lowest BCUT2D eigenvalue weighted by Crippen LogP contribution is -2.26. The second-order valence-electron chi connectivity index (χ2n) is 7.38. The Morgan fingerprint density at radius 2 is 2.08 bits per heavy atom. The number of nitrogens with zero attached hydrogens (tertiary/aromatic N) is 2. The maximum atomic E-state index is 9.60. The maximum absolute atomic E-state index is 9.60. The van der Waals surface area contributed by atoms with Gasteiger partial charge in [0, 0.05) is 21.7 Å². The Balaban J connectivity index is 1.93. The second-order valence-corrected chi connectivity index (χ2v) is 8.87. The lowest BCUT2D eigenvalue weighted by molar-refractivity contribution is 0.218. The monoisotopic (exact) mass is 356 g/mol. The number of hydrogen-bond acceptors (Lipinski definition) is 3. The van der Waals surface area contributed by atoms with Crippen LogP contribution in [0, 0.1) is 22.7 Å². The van der Waals surface area contributed by atoms with E-state index < -0.39 is 0 Å². The van der Waals surface area contributed by atoms with Crippen LogP contribution in [0.2, 0.25) is 5.02 Å². The fraction of sp³-hybridized carbons (Fsp3) is 0.400. The summed E-state index contributed by atoms with van der Waals surface area (Å²) in [4.78, 5) is 5.92. The highest BCUT2D eigenvalue weighted by Crippen LogP contribution is 2.44. The van der Waals surface area contributed by atoms with Crippen LogP contribution in [-0.4, -0.2) is 6.21 Å². The molecule has 0 saturated heterocycles. The molecule has 0 unspecified atom stereocenters. The Morgan fingerprint density at radius 1 is 1.33 bits per heavy atom. The van der Waals surface area contributed by atoms with E-state index >= 15 is 0 Å². The topological polar surface area (TPSA) is 36.1 Å². The number of rotatable bonds is 2. The zero-order chi connectivity index (χ0) is 17.3. The van der Waals surface area contributed by atoms with E-state index in [1.54, 1.807) is 17.6 Å². The molecule has 0 saturated carbocycles. The normalized spacial score (nSPS) is 17.7. The van der Waals surface area contributed by atoms with E-state index in [1.807, 2.05) is 24.3 Å². The summed E-state index contributed by atoms with van der Waals surface area (Å²) < 4.78 is 0. The third kappa shape index (κ3) is 3.41. The third-order valence-electron chi connectivity index (χ3n) is 4.81. The SMILES string of the molecule is CC(C)(C)[C@@H]1CCc2c(sc(N=Cc3ccccc3Cl)c2C#N)C1. The molecular weight excluding hydrogens is 336 g/mol. The van der Waals surface area contributed by atoms with Crippen molar-refractivity contribution in [1.82, 2.24) is 0 Å². The van der Waals surface area contributed by atoms with Crippen LogP contribution in [0.5, 0.6) is 0 Å². The fourth-order valence-corrected chi connectivity index (χ4v) is 4.63. The lowest BCUT2D eigenvalue weighted by Gasteiger charge is -2.33. The molecule has 0 N–H and O–H groups in total. The first kappa shape index (κ1) is 17.2. The lowest BCUT2D eigenvalue weighted by atomic mass is 9.72. The molecule has 0 fully saturated rings. The third-order valence-corrected chi connectivity index (χ3v) is 6.32. The van der Waals surface area contributed by atoms with Crippen molar-refractivity contribution in [2.75, 3.05) is 0 Å². The molecule has 2 aromatic rings. The molecule has 0 radical (unpaired) electrons. The molecule has 0 bridgehead atoms. The Hall–Kier alpha value is -1.63. The average Bonchev–Trinajstić information content (AvgIpc) is 2.89. The summed E-state index contributed by atoms with van der Waals surface area (Å²) >= 11 is 7.85. The van der Waals surface area contributed by atoms with Gasteiger partial charge in [-0.2, -0.15) is 5.26 Å². The van der Waals surface area contributed by atoms with Crippen molar-refractivity contribution in [3.63, 3.8) is 0 Å². The van der Waals surface area contributed by atoms with E-state index in [9.17, 15) is 5.26 Å². The molecule has 1 aliphatic rings. The van der Waals surface area contributed by atoms with Gasteiger partial charge in [0.05, 0.1) is 5.56 Å². The van der Waals surface area contributed by atoms with E-state index in [1.165, 1.54) is 10.4 Å². The number of halogens is 1. The highest BCUT2D eigenvalue weighted by Gasteiger charge is 2.32. The van der Waals surface area contributed by atoms with Gasteiger partial charge in [0.25, 0.3) is 0 Å². The molecule has 1 aromatic carbocycles. The zero-order valence-corrected chi connectivity index (χ0v) is 15.8. The van der Waals surface area contributed by atoms with Crippen molar-refractivity contribution >= 4 is 34.2 Å². The van der Waals surface area contributed by atoms with E-state index in [2.05, 4.69) is 31.8 Å². The Kier molecular flexibility index (Phi) is 4.80. The maximum Gasteiger partial charge on any atom is 0.134 e. The van der Waals surface area contributed by atoms with Gasteiger partial charge in [0.1, 0.15) is 11.1 Å². The molecule has 2 nitrogen and oxygen atoms in total. The average molecular weight is 357 g/mol. The molecule has 1 atom stereocenters. The molecule has 1 heterocycles. The van der Waals surface area contributed by atoms with Crippen molar-refractivity contribution in [2.24, 2.45) is 16.3 Å². The van der Waals surface area contributed by atoms with Crippen LogP contribution in [0.15, 0.2) is 29.3 Å². The molecule has 3 rings (SSSR count). The number of aliphatic imine (C=N–C) groups is 1. The first-order chi connectivity index (χ1) is 11.4. The zero-order valence-electron chi connectivity index (χ0n) is 14.3. The number of nitriles is 1. The van der Waals surface area contributed by atoms with Crippen LogP contribution in [0.1, 0.15) is 48.8 Å². The van der Waals surface area contributed by atoms with Crippen LogP contribution in [-0.2, 0) is 12.8 Å². The number of fused-ring (bicyclic) bond motifs is 1. The molecule has 124 valence electrons. The highest BCUT2D eigenvalue weighted by atomic mass is 35.5. The van der Waals surface area contributed by atoms with Gasteiger partial charge in [0.15, 0.2) is 0 Å². The minimum absolute atomic E-state index is 0.301. The first-order valence-electron chi connectivity index (χ1n) is 8.23. The predicted octanol–water partition coefficient (Wildman–Crippen LogP) is 6.17. The Bertz CT molecular complexity index is 821. The van der Waals surface area contributed by atoms with Gasteiger partial charge in [-0.3, -0.25) is 0 Å². The molecule has 0 spiro atoms. The second kappa shape index (κ2) is 6.70. The molecule has 0 aliphatic heterocycles. The number of hydrogen-bond donors (Lipinski definition) is 0. The molecule has 4 heteroatoms. The fourth-order valence-electron chi connectivity index (χ4n) is 3.22. The van der Waals surface area contributed by atoms with Crippen LogP contribution in [0.4, 0.5) is 5.00 Å². The van der Waals surface area contributed by atoms with Crippen LogP contribution in [0.25, 0.3) is 0 Å². The van der Waals surface area contributed by atoms with Gasteiger partial charge >= 0.3 is 0 Å². The molecule has 1 aromatic heterocycles. The molecular formula is C20H21ClN2S. The van der Waals surface area contributed by atoms with E-state index in [-0.39, 0.29) is 0 Å². The van der Waals surface area contributed by atoms with Gasteiger partial charge in [-0.1, -0.05) is 50.6 Å². The minimum atomic E-state index is 0.301. The number of benzene rings is 1. The van der Waals surface area contributed by atoms with Gasteiger partial charge < -0.3 is 0 Å². The molecule has 1 aliphatic carbocycles. The largest absolute Gasteiger partial charge is 0.244 e. The van der Waals surface area contributed by atoms with E-state index in [4.69, 9.17) is 11.6 Å². The van der Waals surface area contributed by atoms with Crippen molar-refractivity contribution < 1.29 is 0 Å². The van der Waals surface area contributed by atoms with Gasteiger partial charge in [-0.25, -0.2) is 4.99 Å². The van der Waals surface area contributed by atoms with Crippen LogP contribution in [0.3, 0.4) is 0 Å². The van der Waals surface area contributed by atoms with Crippen molar-refractivity contribution in [3.05, 3.63) is 50.9 Å². The molecule has 0 amide bonds. The van der Waals surface area contributed by atoms with Gasteiger partial charge in [-0.05, 0) is 42.2 Å². The predicted molar refractivity (Wildman–Crippen MR) is 103 cm³/mol. The van der Waals surface area contributed by atoms with Gasteiger partial charge in [0.2, 0.25) is 0 Å². The summed E-state index contributed by atoms with van der Waals surface area (Å²) in [6.07, 6.45) is 4.95. The minimum Gasteiger partial charge on any atom is -0.244 e. The van der Waals surface area contributed by atoms with E-state index in [0.717, 1.165) is 35.4 Å². The standard InChI is InChI=1S/C20H21ClN2S/c1-20(2,3)14-8-9-15-16(11-22)19(24-18(15)10-14)23-12-13-6-4-5-7-17(13)21/h4-7,12,14H,8-10H2,1-3H3/t14-/m1/s1. The smallest absolute Gasteiger partial charge is 0.134 e. The summed E-state index contributed by atoms with van der Waals surface area (Å²) in [5.41, 5.74) is 3.15. The quantitative estimate of drug-likeness (QED) is 0.592. The van der Waals surface area contributed by atoms with Crippen molar-refractivity contribution in [3.8, 4) is 6.07 Å². The summed E-state index contributed by atoms with van der Waals surface area (Å²) in [6.45, 7) is 6.91. The number of thiophene rings is 1. The summed E-state index contributed by atoms with van der Waals surface area (Å²) in [5.74, 6) is 0.663.